The van der Waals surface area contributed by atoms with Gasteiger partial charge in [-0.1, -0.05) is 31.9 Å². The molecule has 2 rings (SSSR count). The summed E-state index contributed by atoms with van der Waals surface area (Å²) in [5.41, 5.74) is 2.33. The van der Waals surface area contributed by atoms with Gasteiger partial charge in [-0.05, 0) is 38.3 Å². The molecular formula is C21H36IN3O2. The van der Waals surface area contributed by atoms with Crippen LogP contribution in [0.2, 0.25) is 0 Å². The number of rotatable bonds is 10. The van der Waals surface area contributed by atoms with E-state index in [1.807, 2.05) is 0 Å². The van der Waals surface area contributed by atoms with E-state index in [-0.39, 0.29) is 24.0 Å². The van der Waals surface area contributed by atoms with Gasteiger partial charge in [-0.25, -0.2) is 4.99 Å². The number of hydrogen-bond donors (Lipinski definition) is 2. The van der Waals surface area contributed by atoms with Crippen molar-refractivity contribution in [1.82, 2.24) is 10.6 Å². The normalized spacial score (nSPS) is 16.7. The van der Waals surface area contributed by atoms with Crippen molar-refractivity contribution in [2.24, 2.45) is 10.9 Å². The molecule has 0 amide bonds. The van der Waals surface area contributed by atoms with Gasteiger partial charge in [0.25, 0.3) is 0 Å². The minimum Gasteiger partial charge on any atom is -0.493 e. The largest absolute Gasteiger partial charge is 0.493 e. The van der Waals surface area contributed by atoms with Crippen LogP contribution in [0.5, 0.6) is 5.75 Å². The van der Waals surface area contributed by atoms with Crippen LogP contribution in [-0.4, -0.2) is 38.9 Å². The van der Waals surface area contributed by atoms with Crippen molar-refractivity contribution in [2.45, 2.75) is 53.0 Å². The highest BCUT2D eigenvalue weighted by atomic mass is 127. The van der Waals surface area contributed by atoms with Crippen LogP contribution in [0.4, 0.5) is 0 Å². The maximum atomic E-state index is 6.12. The summed E-state index contributed by atoms with van der Waals surface area (Å²) in [5, 5.41) is 6.73. The third kappa shape index (κ3) is 9.14. The van der Waals surface area contributed by atoms with Crippen molar-refractivity contribution < 1.29 is 9.47 Å². The first-order valence-corrected chi connectivity index (χ1v) is 10.0. The molecule has 1 aromatic carbocycles. The van der Waals surface area contributed by atoms with Crippen LogP contribution in [0, 0.1) is 12.8 Å². The lowest BCUT2D eigenvalue weighted by molar-refractivity contribution is 0.166. The molecule has 1 heterocycles. The molecule has 0 aliphatic carbocycles. The fraction of sp³-hybridized carbons (Fsp3) is 0.667. The second-order valence-electron chi connectivity index (χ2n) is 6.98. The Hall–Kier alpha value is -1.02. The van der Waals surface area contributed by atoms with Crippen molar-refractivity contribution in [3.63, 3.8) is 0 Å². The van der Waals surface area contributed by atoms with E-state index in [0.29, 0.717) is 12.5 Å². The summed E-state index contributed by atoms with van der Waals surface area (Å²) >= 11 is 0. The summed E-state index contributed by atoms with van der Waals surface area (Å²) in [5.74, 6) is 2.33. The Bertz CT molecular complexity index is 560. The molecule has 1 aromatic rings. The summed E-state index contributed by atoms with van der Waals surface area (Å²) in [6, 6.07) is 6.36. The van der Waals surface area contributed by atoms with Crippen molar-refractivity contribution in [2.75, 3.05) is 32.9 Å². The number of nitrogens with one attached hydrogen (secondary N) is 2. The van der Waals surface area contributed by atoms with Gasteiger partial charge in [-0.3, -0.25) is 0 Å². The molecule has 1 unspecified atom stereocenters. The zero-order valence-electron chi connectivity index (χ0n) is 17.1. The number of ether oxygens (including phenoxy) is 2. The monoisotopic (exact) mass is 489 g/mol. The van der Waals surface area contributed by atoms with E-state index in [2.05, 4.69) is 49.6 Å². The number of benzene rings is 1. The summed E-state index contributed by atoms with van der Waals surface area (Å²) in [7, 11) is 0. The first-order chi connectivity index (χ1) is 12.7. The second kappa shape index (κ2) is 14.0. The van der Waals surface area contributed by atoms with Crippen LogP contribution >= 0.6 is 24.0 Å². The Labute approximate surface area is 181 Å². The van der Waals surface area contributed by atoms with Gasteiger partial charge in [0, 0.05) is 31.2 Å². The van der Waals surface area contributed by atoms with Crippen LogP contribution in [0.1, 0.15) is 50.7 Å². The van der Waals surface area contributed by atoms with Crippen molar-refractivity contribution in [3.05, 3.63) is 29.3 Å². The zero-order valence-corrected chi connectivity index (χ0v) is 19.4. The average molecular weight is 489 g/mol. The molecule has 0 aromatic heterocycles. The van der Waals surface area contributed by atoms with Crippen molar-refractivity contribution >= 4 is 29.9 Å². The molecule has 1 fully saturated rings. The third-order valence-electron chi connectivity index (χ3n) is 4.55. The van der Waals surface area contributed by atoms with Crippen molar-refractivity contribution in [3.8, 4) is 5.75 Å². The number of nitrogens with zero attached hydrogens (tertiary/aromatic N) is 1. The lowest BCUT2D eigenvalue weighted by atomic mass is 10.1. The molecular weight excluding hydrogens is 453 g/mol. The lowest BCUT2D eigenvalue weighted by Gasteiger charge is -2.15. The molecule has 1 atom stereocenters. The van der Waals surface area contributed by atoms with Gasteiger partial charge >= 0.3 is 0 Å². The van der Waals surface area contributed by atoms with E-state index >= 15 is 0 Å². The fourth-order valence-electron chi connectivity index (χ4n) is 2.94. The predicted octanol–water partition coefficient (Wildman–Crippen LogP) is 4.27. The van der Waals surface area contributed by atoms with Gasteiger partial charge in [0.2, 0.25) is 0 Å². The van der Waals surface area contributed by atoms with Crippen LogP contribution in [-0.2, 0) is 11.3 Å². The van der Waals surface area contributed by atoms with Gasteiger partial charge in [0.1, 0.15) is 5.75 Å². The van der Waals surface area contributed by atoms with Gasteiger partial charge < -0.3 is 20.1 Å². The summed E-state index contributed by atoms with van der Waals surface area (Å²) < 4.78 is 11.6. The average Bonchev–Trinajstić information content (AvgIpc) is 3.16. The van der Waals surface area contributed by atoms with Crippen LogP contribution in [0.15, 0.2) is 23.2 Å². The molecule has 0 spiro atoms. The second-order valence-corrected chi connectivity index (χ2v) is 6.98. The maximum Gasteiger partial charge on any atom is 0.191 e. The van der Waals surface area contributed by atoms with Gasteiger partial charge in [0.15, 0.2) is 5.96 Å². The van der Waals surface area contributed by atoms with Crippen LogP contribution in [0.25, 0.3) is 0 Å². The summed E-state index contributed by atoms with van der Waals surface area (Å²) in [6.07, 6.45) is 4.73. The Morgan fingerprint density at radius 3 is 2.81 bits per heavy atom. The van der Waals surface area contributed by atoms with E-state index in [1.165, 1.54) is 24.8 Å². The lowest BCUT2D eigenvalue weighted by Crippen LogP contribution is -2.37. The Morgan fingerprint density at radius 1 is 1.26 bits per heavy atom. The quantitative estimate of drug-likeness (QED) is 0.223. The third-order valence-corrected chi connectivity index (χ3v) is 4.55. The Kier molecular flexibility index (Phi) is 12.5. The Morgan fingerprint density at radius 2 is 2.11 bits per heavy atom. The fourth-order valence-corrected chi connectivity index (χ4v) is 2.94. The first-order valence-electron chi connectivity index (χ1n) is 10.0. The van der Waals surface area contributed by atoms with Crippen molar-refractivity contribution in [1.29, 1.82) is 0 Å². The number of aryl methyl sites for hydroxylation is 1. The smallest absolute Gasteiger partial charge is 0.191 e. The predicted molar refractivity (Wildman–Crippen MR) is 123 cm³/mol. The number of halogens is 1. The highest BCUT2D eigenvalue weighted by Crippen LogP contribution is 2.23. The summed E-state index contributed by atoms with van der Waals surface area (Å²) in [6.45, 7) is 11.2. The number of aliphatic imine (C=N–C) groups is 1. The Balaban J connectivity index is 0.00000364. The maximum absolute atomic E-state index is 6.12. The summed E-state index contributed by atoms with van der Waals surface area (Å²) in [4.78, 5) is 4.74. The highest BCUT2D eigenvalue weighted by Gasteiger charge is 2.17. The number of unbranched alkanes of at least 4 members (excludes halogenated alkanes) is 2. The highest BCUT2D eigenvalue weighted by molar-refractivity contribution is 14.0. The molecule has 0 saturated carbocycles. The molecule has 6 heteroatoms. The van der Waals surface area contributed by atoms with Gasteiger partial charge in [0.05, 0.1) is 19.8 Å². The number of guanidine groups is 1. The molecule has 2 N–H and O–H groups in total. The zero-order chi connectivity index (χ0) is 18.6. The van der Waals surface area contributed by atoms with Gasteiger partial charge in [-0.2, -0.15) is 0 Å². The molecule has 27 heavy (non-hydrogen) atoms. The molecule has 0 bridgehead atoms. The minimum absolute atomic E-state index is 0. The van der Waals surface area contributed by atoms with E-state index in [9.17, 15) is 0 Å². The molecule has 1 aliphatic rings. The van der Waals surface area contributed by atoms with E-state index in [0.717, 1.165) is 56.6 Å². The van der Waals surface area contributed by atoms with Crippen LogP contribution in [0.3, 0.4) is 0 Å². The number of hydrogen-bond acceptors (Lipinski definition) is 3. The SMILES string of the molecule is CCCCCNC(=NCc1ccc(C)cc1OCC1CCOC1)NCC.I. The molecule has 1 aliphatic heterocycles. The molecule has 1 saturated heterocycles. The van der Waals surface area contributed by atoms with Gasteiger partial charge in [-0.15, -0.1) is 24.0 Å². The van der Waals surface area contributed by atoms with E-state index in [1.54, 1.807) is 0 Å². The topological polar surface area (TPSA) is 54.9 Å². The van der Waals surface area contributed by atoms with Crippen LogP contribution < -0.4 is 15.4 Å². The van der Waals surface area contributed by atoms with E-state index in [4.69, 9.17) is 14.5 Å². The minimum atomic E-state index is 0. The molecule has 5 nitrogen and oxygen atoms in total. The molecule has 154 valence electrons. The van der Waals surface area contributed by atoms with E-state index < -0.39 is 0 Å². The molecule has 0 radical (unpaired) electrons. The first kappa shape index (κ1) is 24.0. The standard InChI is InChI=1S/C21H35N3O2.HI/c1-4-6-7-11-23-21(22-5-2)24-14-19-9-8-17(3)13-20(19)26-16-18-10-12-25-15-18;/h8-9,13,18H,4-7,10-12,14-16H2,1-3H3,(H2,22,23,24);1H.